The van der Waals surface area contributed by atoms with Crippen molar-refractivity contribution in [1.29, 1.82) is 0 Å². The first-order valence-electron chi connectivity index (χ1n) is 4.61. The van der Waals surface area contributed by atoms with Crippen molar-refractivity contribution in [3.8, 4) is 0 Å². The van der Waals surface area contributed by atoms with Crippen molar-refractivity contribution in [3.05, 3.63) is 0 Å². The molecule has 0 aliphatic carbocycles. The Bertz CT molecular complexity index is 130. The largest absolute Gasteiger partial charge is 0.347 e. The monoisotopic (exact) mass is 173 g/mol. The summed E-state index contributed by atoms with van der Waals surface area (Å²) in [6.07, 6.45) is 0. The summed E-state index contributed by atoms with van der Waals surface area (Å²) in [7, 11) is 0. The van der Waals surface area contributed by atoms with Gasteiger partial charge in [-0.05, 0) is 19.4 Å². The molecule has 0 aromatic heterocycles. The average Bonchev–Trinajstić information content (AvgIpc) is 2.35. The molecule has 0 aromatic carbocycles. The van der Waals surface area contributed by atoms with Gasteiger partial charge in [0.15, 0.2) is 5.79 Å². The maximum atomic E-state index is 5.44. The van der Waals surface area contributed by atoms with E-state index < -0.39 is 0 Å². The number of rotatable bonds is 4. The van der Waals surface area contributed by atoms with E-state index in [1.54, 1.807) is 0 Å². The fourth-order valence-corrected chi connectivity index (χ4v) is 1.25. The lowest BCUT2D eigenvalue weighted by Crippen LogP contribution is -2.40. The first-order valence-corrected chi connectivity index (χ1v) is 4.61. The number of hydrogen-bond donors (Lipinski definition) is 1. The lowest BCUT2D eigenvalue weighted by atomic mass is 10.2. The highest BCUT2D eigenvalue weighted by Crippen LogP contribution is 2.16. The molecule has 0 spiro atoms. The number of hydrogen-bond acceptors (Lipinski definition) is 3. The van der Waals surface area contributed by atoms with Gasteiger partial charge in [0.2, 0.25) is 0 Å². The summed E-state index contributed by atoms with van der Waals surface area (Å²) in [5.74, 6) is 0.296. The van der Waals surface area contributed by atoms with Crippen molar-refractivity contribution in [2.75, 3.05) is 26.3 Å². The van der Waals surface area contributed by atoms with Crippen LogP contribution in [-0.2, 0) is 9.47 Å². The van der Waals surface area contributed by atoms with Gasteiger partial charge in [-0.15, -0.1) is 0 Å². The van der Waals surface area contributed by atoms with Gasteiger partial charge in [0.25, 0.3) is 0 Å². The quantitative estimate of drug-likeness (QED) is 0.688. The fraction of sp³-hybridized carbons (Fsp3) is 1.00. The molecule has 1 heterocycles. The Morgan fingerprint density at radius 3 is 2.42 bits per heavy atom. The van der Waals surface area contributed by atoms with Crippen molar-refractivity contribution >= 4 is 0 Å². The molecule has 3 nitrogen and oxygen atoms in total. The minimum atomic E-state index is -0.380. The standard InChI is InChI=1S/C9H19NO2/c1-8(2)6-10-7-9(3)11-4-5-12-9/h8,10H,4-7H2,1-3H3. The molecule has 1 aliphatic heterocycles. The zero-order chi connectivity index (χ0) is 9.03. The SMILES string of the molecule is CC(C)CNCC1(C)OCCO1. The zero-order valence-corrected chi connectivity index (χ0v) is 8.22. The third kappa shape index (κ3) is 3.09. The van der Waals surface area contributed by atoms with E-state index in [2.05, 4.69) is 19.2 Å². The van der Waals surface area contributed by atoms with E-state index in [1.165, 1.54) is 0 Å². The summed E-state index contributed by atoms with van der Waals surface area (Å²) in [5, 5.41) is 3.32. The summed E-state index contributed by atoms with van der Waals surface area (Å²) in [4.78, 5) is 0. The molecule has 1 saturated heterocycles. The molecule has 0 unspecified atom stereocenters. The van der Waals surface area contributed by atoms with Gasteiger partial charge >= 0.3 is 0 Å². The Balaban J connectivity index is 2.13. The Labute approximate surface area is 74.4 Å². The van der Waals surface area contributed by atoms with Crippen LogP contribution in [0.5, 0.6) is 0 Å². The average molecular weight is 173 g/mol. The van der Waals surface area contributed by atoms with Crippen LogP contribution in [0.3, 0.4) is 0 Å². The molecule has 0 radical (unpaired) electrons. The molecule has 1 N–H and O–H groups in total. The smallest absolute Gasteiger partial charge is 0.178 e. The molecule has 0 saturated carbocycles. The van der Waals surface area contributed by atoms with Crippen LogP contribution in [0.1, 0.15) is 20.8 Å². The van der Waals surface area contributed by atoms with Crippen LogP contribution in [0.25, 0.3) is 0 Å². The molecule has 0 bridgehead atoms. The molecule has 1 fully saturated rings. The van der Waals surface area contributed by atoms with Crippen LogP contribution in [0.2, 0.25) is 0 Å². The van der Waals surface area contributed by atoms with Crippen molar-refractivity contribution in [1.82, 2.24) is 5.32 Å². The van der Waals surface area contributed by atoms with Crippen LogP contribution in [-0.4, -0.2) is 32.1 Å². The predicted octanol–water partition coefficient (Wildman–Crippen LogP) is 0.995. The van der Waals surface area contributed by atoms with Crippen molar-refractivity contribution in [2.24, 2.45) is 5.92 Å². The summed E-state index contributed by atoms with van der Waals surface area (Å²) >= 11 is 0. The maximum Gasteiger partial charge on any atom is 0.178 e. The molecule has 1 aliphatic rings. The van der Waals surface area contributed by atoms with E-state index in [0.717, 1.165) is 26.3 Å². The lowest BCUT2D eigenvalue weighted by molar-refractivity contribution is -0.138. The normalized spacial score (nSPS) is 22.0. The van der Waals surface area contributed by atoms with Crippen LogP contribution in [0.4, 0.5) is 0 Å². The van der Waals surface area contributed by atoms with Gasteiger partial charge in [0.1, 0.15) is 0 Å². The van der Waals surface area contributed by atoms with Gasteiger partial charge in [-0.3, -0.25) is 0 Å². The summed E-state index contributed by atoms with van der Waals surface area (Å²) in [6, 6.07) is 0. The zero-order valence-electron chi connectivity index (χ0n) is 8.22. The molecule has 0 amide bonds. The molecule has 0 atom stereocenters. The lowest BCUT2D eigenvalue weighted by Gasteiger charge is -2.23. The van der Waals surface area contributed by atoms with Crippen LogP contribution >= 0.6 is 0 Å². The molecule has 0 aromatic rings. The van der Waals surface area contributed by atoms with E-state index >= 15 is 0 Å². The third-order valence-corrected chi connectivity index (χ3v) is 1.90. The van der Waals surface area contributed by atoms with Gasteiger partial charge in [0, 0.05) is 6.54 Å². The topological polar surface area (TPSA) is 30.5 Å². The van der Waals surface area contributed by atoms with Gasteiger partial charge in [-0.2, -0.15) is 0 Å². The Morgan fingerprint density at radius 1 is 1.33 bits per heavy atom. The van der Waals surface area contributed by atoms with Crippen LogP contribution < -0.4 is 5.32 Å². The first-order chi connectivity index (χ1) is 5.62. The Kier molecular flexibility index (Phi) is 3.50. The highest BCUT2D eigenvalue weighted by atomic mass is 16.7. The highest BCUT2D eigenvalue weighted by Gasteiger charge is 2.30. The predicted molar refractivity (Wildman–Crippen MR) is 48.0 cm³/mol. The Hall–Kier alpha value is -0.120. The first kappa shape index (κ1) is 9.96. The van der Waals surface area contributed by atoms with Gasteiger partial charge in [0.05, 0.1) is 13.2 Å². The second-order valence-corrected chi connectivity index (χ2v) is 3.86. The van der Waals surface area contributed by atoms with E-state index in [0.29, 0.717) is 5.92 Å². The van der Waals surface area contributed by atoms with Crippen molar-refractivity contribution in [3.63, 3.8) is 0 Å². The molecular formula is C9H19NO2. The minimum Gasteiger partial charge on any atom is -0.347 e. The molecule has 3 heteroatoms. The Morgan fingerprint density at radius 2 is 1.92 bits per heavy atom. The second kappa shape index (κ2) is 4.21. The number of ether oxygens (including phenoxy) is 2. The van der Waals surface area contributed by atoms with E-state index in [9.17, 15) is 0 Å². The van der Waals surface area contributed by atoms with Crippen LogP contribution in [0.15, 0.2) is 0 Å². The molecule has 1 rings (SSSR count). The third-order valence-electron chi connectivity index (χ3n) is 1.90. The molecule has 72 valence electrons. The molecular weight excluding hydrogens is 154 g/mol. The second-order valence-electron chi connectivity index (χ2n) is 3.86. The van der Waals surface area contributed by atoms with Gasteiger partial charge in [-0.25, -0.2) is 0 Å². The van der Waals surface area contributed by atoms with E-state index in [-0.39, 0.29) is 5.79 Å². The van der Waals surface area contributed by atoms with E-state index in [1.807, 2.05) is 6.92 Å². The molecule has 12 heavy (non-hydrogen) atoms. The van der Waals surface area contributed by atoms with Crippen molar-refractivity contribution in [2.45, 2.75) is 26.6 Å². The fourth-order valence-electron chi connectivity index (χ4n) is 1.25. The highest BCUT2D eigenvalue weighted by molar-refractivity contribution is 4.71. The van der Waals surface area contributed by atoms with Gasteiger partial charge in [-0.1, -0.05) is 13.8 Å². The summed E-state index contributed by atoms with van der Waals surface area (Å²) in [6.45, 7) is 9.60. The summed E-state index contributed by atoms with van der Waals surface area (Å²) in [5.41, 5.74) is 0. The summed E-state index contributed by atoms with van der Waals surface area (Å²) < 4.78 is 10.9. The number of nitrogens with one attached hydrogen (secondary N) is 1. The van der Waals surface area contributed by atoms with Crippen molar-refractivity contribution < 1.29 is 9.47 Å². The maximum absolute atomic E-state index is 5.44. The van der Waals surface area contributed by atoms with E-state index in [4.69, 9.17) is 9.47 Å². The minimum absolute atomic E-state index is 0.380. The van der Waals surface area contributed by atoms with Crippen LogP contribution in [0, 0.1) is 5.92 Å². The van der Waals surface area contributed by atoms with Gasteiger partial charge < -0.3 is 14.8 Å².